The van der Waals surface area contributed by atoms with E-state index in [1.165, 1.54) is 44.9 Å². The average Bonchev–Trinajstić information content (AvgIpc) is 3.37. The van der Waals surface area contributed by atoms with Crippen LogP contribution in [-0.2, 0) is 4.74 Å². The molecule has 1 aromatic rings. The summed E-state index contributed by atoms with van der Waals surface area (Å²) < 4.78 is 5.64. The van der Waals surface area contributed by atoms with Crippen molar-refractivity contribution in [2.24, 2.45) is 5.92 Å². The highest BCUT2D eigenvalue weighted by Gasteiger charge is 2.46. The molecule has 1 saturated heterocycles. The van der Waals surface area contributed by atoms with Crippen molar-refractivity contribution in [1.29, 1.82) is 0 Å². The second-order valence-electron chi connectivity index (χ2n) is 7.07. The summed E-state index contributed by atoms with van der Waals surface area (Å²) in [5.74, 6) is 1.44. The minimum Gasteiger partial charge on any atom is -0.412 e. The summed E-state index contributed by atoms with van der Waals surface area (Å²) in [6.45, 7) is 3.07. The number of unbranched alkanes of at least 4 members (excludes halogenated alkanes) is 5. The molecule has 1 aliphatic heterocycles. The van der Waals surface area contributed by atoms with Gasteiger partial charge in [0.2, 0.25) is 0 Å². The fourth-order valence-corrected chi connectivity index (χ4v) is 3.51. The van der Waals surface area contributed by atoms with Crippen molar-refractivity contribution in [3.63, 3.8) is 0 Å². The Morgan fingerprint density at radius 2 is 1.79 bits per heavy atom. The molecule has 130 valence electrons. The van der Waals surface area contributed by atoms with Crippen LogP contribution in [-0.4, -0.2) is 23.6 Å². The maximum atomic E-state index is 12.3. The summed E-state index contributed by atoms with van der Waals surface area (Å²) in [5.41, 5.74) is 1.10. The third kappa shape index (κ3) is 4.40. The first-order valence-corrected chi connectivity index (χ1v) is 9.54. The number of rotatable bonds is 9. The van der Waals surface area contributed by atoms with Crippen LogP contribution in [0.25, 0.3) is 6.08 Å². The molecule has 1 amide bonds. The molecule has 3 nitrogen and oxygen atoms in total. The molecule has 1 atom stereocenters. The average molecular weight is 327 g/mol. The summed E-state index contributed by atoms with van der Waals surface area (Å²) in [6.07, 6.45) is 11.8. The second kappa shape index (κ2) is 8.36. The molecular formula is C21H29NO2. The predicted octanol–water partition coefficient (Wildman–Crippen LogP) is 5.62. The lowest BCUT2D eigenvalue weighted by molar-refractivity contribution is 0.162. The molecule has 24 heavy (non-hydrogen) atoms. The molecule has 1 aliphatic carbocycles. The van der Waals surface area contributed by atoms with Crippen LogP contribution in [0.1, 0.15) is 63.9 Å². The fraction of sp³-hybridized carbons (Fsp3) is 0.571. The zero-order chi connectivity index (χ0) is 16.8. The highest BCUT2D eigenvalue weighted by molar-refractivity contribution is 5.75. The predicted molar refractivity (Wildman–Crippen MR) is 97.5 cm³/mol. The Labute approximate surface area is 145 Å². The largest absolute Gasteiger partial charge is 0.415 e. The van der Waals surface area contributed by atoms with Crippen LogP contribution < -0.4 is 0 Å². The molecule has 1 unspecified atom stereocenters. The highest BCUT2D eigenvalue weighted by atomic mass is 16.6. The molecule has 3 heteroatoms. The van der Waals surface area contributed by atoms with Gasteiger partial charge in [0.25, 0.3) is 0 Å². The Kier molecular flexibility index (Phi) is 5.95. The highest BCUT2D eigenvalue weighted by Crippen LogP contribution is 2.43. The minimum atomic E-state index is -0.150. The van der Waals surface area contributed by atoms with Gasteiger partial charge in [-0.15, -0.1) is 0 Å². The van der Waals surface area contributed by atoms with Crippen molar-refractivity contribution in [3.8, 4) is 0 Å². The number of hydrogen-bond donors (Lipinski definition) is 0. The van der Waals surface area contributed by atoms with E-state index in [-0.39, 0.29) is 12.1 Å². The van der Waals surface area contributed by atoms with Gasteiger partial charge in [-0.25, -0.2) is 4.79 Å². The van der Waals surface area contributed by atoms with Gasteiger partial charge in [-0.05, 0) is 36.8 Å². The standard InChI is InChI=1S/C21H29NO2/c1-2-3-4-5-6-10-15-22-20(18-13-14-18)19(24-21(22)23)16-17-11-8-7-9-12-17/h7-9,11-12,16,18,20H,2-6,10,13-15H2,1H3/b19-16-. The molecular weight excluding hydrogens is 298 g/mol. The molecule has 1 saturated carbocycles. The van der Waals surface area contributed by atoms with Crippen molar-refractivity contribution < 1.29 is 9.53 Å². The van der Waals surface area contributed by atoms with Crippen molar-refractivity contribution in [2.75, 3.05) is 6.54 Å². The molecule has 0 aromatic heterocycles. The molecule has 3 rings (SSSR count). The summed E-state index contributed by atoms with van der Waals surface area (Å²) in [7, 11) is 0. The minimum absolute atomic E-state index is 0.150. The van der Waals surface area contributed by atoms with E-state index in [0.717, 1.165) is 24.3 Å². The Balaban J connectivity index is 1.60. The van der Waals surface area contributed by atoms with Gasteiger partial charge in [-0.3, -0.25) is 4.90 Å². The van der Waals surface area contributed by atoms with Crippen LogP contribution in [0, 0.1) is 5.92 Å². The molecule has 0 bridgehead atoms. The Hall–Kier alpha value is -1.77. The number of ether oxygens (including phenoxy) is 1. The second-order valence-corrected chi connectivity index (χ2v) is 7.07. The Morgan fingerprint density at radius 3 is 2.50 bits per heavy atom. The molecule has 0 N–H and O–H groups in total. The number of hydrogen-bond acceptors (Lipinski definition) is 2. The van der Waals surface area contributed by atoms with E-state index >= 15 is 0 Å². The summed E-state index contributed by atoms with van der Waals surface area (Å²) in [6, 6.07) is 10.3. The third-order valence-corrected chi connectivity index (χ3v) is 5.00. The lowest BCUT2D eigenvalue weighted by atomic mass is 10.1. The number of cyclic esters (lactones) is 1. The summed E-state index contributed by atoms with van der Waals surface area (Å²) in [5, 5.41) is 0. The monoisotopic (exact) mass is 327 g/mol. The van der Waals surface area contributed by atoms with E-state index in [9.17, 15) is 4.79 Å². The number of benzene rings is 1. The zero-order valence-electron chi connectivity index (χ0n) is 14.7. The van der Waals surface area contributed by atoms with E-state index in [2.05, 4.69) is 19.1 Å². The number of carbonyl (C=O) groups is 1. The van der Waals surface area contributed by atoms with Crippen molar-refractivity contribution in [2.45, 2.75) is 64.3 Å². The topological polar surface area (TPSA) is 29.5 Å². The maximum Gasteiger partial charge on any atom is 0.415 e. The molecule has 2 fully saturated rings. The van der Waals surface area contributed by atoms with Gasteiger partial charge in [0.15, 0.2) is 0 Å². The number of amides is 1. The summed E-state index contributed by atoms with van der Waals surface area (Å²) in [4.78, 5) is 14.3. The van der Waals surface area contributed by atoms with Crippen molar-refractivity contribution in [3.05, 3.63) is 41.7 Å². The lowest BCUT2D eigenvalue weighted by Gasteiger charge is -2.21. The Bertz CT molecular complexity index is 562. The lowest BCUT2D eigenvalue weighted by Crippen LogP contribution is -2.35. The van der Waals surface area contributed by atoms with Gasteiger partial charge in [-0.2, -0.15) is 0 Å². The van der Waals surface area contributed by atoms with Crippen LogP contribution in [0.3, 0.4) is 0 Å². The van der Waals surface area contributed by atoms with Gasteiger partial charge in [0, 0.05) is 6.54 Å². The van der Waals surface area contributed by atoms with Crippen molar-refractivity contribution in [1.82, 2.24) is 4.90 Å². The van der Waals surface area contributed by atoms with Gasteiger partial charge in [0.1, 0.15) is 5.76 Å². The molecule has 1 aromatic carbocycles. The number of nitrogens with zero attached hydrogens (tertiary/aromatic N) is 1. The molecule has 1 heterocycles. The zero-order valence-corrected chi connectivity index (χ0v) is 14.7. The van der Waals surface area contributed by atoms with E-state index in [0.29, 0.717) is 5.92 Å². The van der Waals surface area contributed by atoms with Crippen LogP contribution in [0.5, 0.6) is 0 Å². The van der Waals surface area contributed by atoms with E-state index < -0.39 is 0 Å². The van der Waals surface area contributed by atoms with E-state index in [1.807, 2.05) is 29.2 Å². The quantitative estimate of drug-likeness (QED) is 0.551. The molecule has 0 radical (unpaired) electrons. The SMILES string of the molecule is CCCCCCCCN1C(=O)O/C(=C\c2ccccc2)C1C1CC1. The normalized spacial score (nSPS) is 22.2. The van der Waals surface area contributed by atoms with Gasteiger partial charge >= 0.3 is 6.09 Å². The first kappa shape index (κ1) is 17.1. The van der Waals surface area contributed by atoms with E-state index in [1.54, 1.807) is 0 Å². The number of carbonyl (C=O) groups excluding carboxylic acids is 1. The first-order valence-electron chi connectivity index (χ1n) is 9.54. The fourth-order valence-electron chi connectivity index (χ4n) is 3.51. The molecule has 0 spiro atoms. The van der Waals surface area contributed by atoms with Gasteiger partial charge in [0.05, 0.1) is 6.04 Å². The van der Waals surface area contributed by atoms with Gasteiger partial charge < -0.3 is 4.74 Å². The third-order valence-electron chi connectivity index (χ3n) is 5.00. The van der Waals surface area contributed by atoms with Crippen LogP contribution in [0.15, 0.2) is 36.1 Å². The summed E-state index contributed by atoms with van der Waals surface area (Å²) >= 11 is 0. The van der Waals surface area contributed by atoms with Crippen LogP contribution in [0.2, 0.25) is 0 Å². The smallest absolute Gasteiger partial charge is 0.412 e. The maximum absolute atomic E-state index is 12.3. The van der Waals surface area contributed by atoms with Crippen molar-refractivity contribution >= 4 is 12.2 Å². The van der Waals surface area contributed by atoms with E-state index in [4.69, 9.17) is 4.74 Å². The van der Waals surface area contributed by atoms with Gasteiger partial charge in [-0.1, -0.05) is 69.4 Å². The van der Waals surface area contributed by atoms with Crippen LogP contribution >= 0.6 is 0 Å². The first-order chi connectivity index (χ1) is 11.8. The Morgan fingerprint density at radius 1 is 1.08 bits per heavy atom. The molecule has 2 aliphatic rings. The van der Waals surface area contributed by atoms with Crippen LogP contribution in [0.4, 0.5) is 4.79 Å².